The molecule has 0 radical (unpaired) electrons. The third-order valence-electron chi connectivity index (χ3n) is 2.06. The lowest BCUT2D eigenvalue weighted by molar-refractivity contribution is 0.482. The average Bonchev–Trinajstić information content (AvgIpc) is 2.65. The zero-order valence-electron chi connectivity index (χ0n) is 8.75. The second-order valence-electron chi connectivity index (χ2n) is 3.34. The van der Waals surface area contributed by atoms with Gasteiger partial charge in [-0.1, -0.05) is 12.2 Å². The molecule has 82 valence electrons. The molecule has 0 bridgehead atoms. The number of ether oxygens (including phenoxy) is 1. The number of thiocarbonyl (C=S) groups is 1. The Morgan fingerprint density at radius 1 is 1.31 bits per heavy atom. The summed E-state index contributed by atoms with van der Waals surface area (Å²) in [7, 11) is 1.84. The lowest BCUT2D eigenvalue weighted by atomic mass is 10.2. The van der Waals surface area contributed by atoms with Crippen molar-refractivity contribution in [2.75, 3.05) is 0 Å². The molecular weight excluding hydrogens is 222 g/mol. The summed E-state index contributed by atoms with van der Waals surface area (Å²) in [5, 5.41) is 4.01. The fraction of sp³-hybridized carbons (Fsp3) is 0.0909. The molecular formula is C11H11N3OS. The maximum atomic E-state index is 5.57. The quantitative estimate of drug-likeness (QED) is 0.822. The Hall–Kier alpha value is -1.88. The van der Waals surface area contributed by atoms with Crippen molar-refractivity contribution in [1.82, 2.24) is 9.78 Å². The van der Waals surface area contributed by atoms with Crippen LogP contribution in [0, 0.1) is 0 Å². The van der Waals surface area contributed by atoms with Crippen molar-refractivity contribution in [3.05, 3.63) is 42.2 Å². The third kappa shape index (κ3) is 2.38. The van der Waals surface area contributed by atoms with Crippen LogP contribution in [0.1, 0.15) is 5.56 Å². The monoisotopic (exact) mass is 233 g/mol. The van der Waals surface area contributed by atoms with E-state index in [0.717, 1.165) is 11.3 Å². The molecule has 0 amide bonds. The molecule has 2 aromatic rings. The minimum Gasteiger partial charge on any atom is -0.454 e. The molecule has 1 heterocycles. The van der Waals surface area contributed by atoms with Gasteiger partial charge in [0.2, 0.25) is 0 Å². The Kier molecular flexibility index (Phi) is 2.87. The van der Waals surface area contributed by atoms with Gasteiger partial charge >= 0.3 is 0 Å². The lowest BCUT2D eigenvalue weighted by Crippen LogP contribution is -2.08. The maximum absolute atomic E-state index is 5.57. The first-order valence-electron chi connectivity index (χ1n) is 4.71. The molecule has 5 heteroatoms. The molecule has 2 N–H and O–H groups in total. The minimum atomic E-state index is 0.382. The Labute approximate surface area is 98.6 Å². The van der Waals surface area contributed by atoms with E-state index in [1.807, 2.05) is 31.3 Å². The predicted octanol–water partition coefficient (Wildman–Crippen LogP) is 1.85. The van der Waals surface area contributed by atoms with Crippen molar-refractivity contribution >= 4 is 17.2 Å². The summed E-state index contributed by atoms with van der Waals surface area (Å²) in [6.45, 7) is 0. The molecule has 0 spiro atoms. The van der Waals surface area contributed by atoms with Crippen LogP contribution >= 0.6 is 12.2 Å². The van der Waals surface area contributed by atoms with Crippen molar-refractivity contribution < 1.29 is 4.74 Å². The van der Waals surface area contributed by atoms with Crippen LogP contribution in [0.15, 0.2) is 36.7 Å². The van der Waals surface area contributed by atoms with Gasteiger partial charge < -0.3 is 10.5 Å². The first-order valence-corrected chi connectivity index (χ1v) is 5.12. The number of hydrogen-bond donors (Lipinski definition) is 1. The second-order valence-corrected chi connectivity index (χ2v) is 3.78. The van der Waals surface area contributed by atoms with Gasteiger partial charge in [0.15, 0.2) is 5.75 Å². The normalized spacial score (nSPS) is 10.1. The minimum absolute atomic E-state index is 0.382. The van der Waals surface area contributed by atoms with Crippen LogP contribution in [-0.2, 0) is 7.05 Å². The standard InChI is InChI=1S/C11H11N3OS/c1-14-7-10(6-13-14)15-9-4-2-8(3-5-9)11(12)16/h2-7H,1H3,(H2,12,16). The van der Waals surface area contributed by atoms with Gasteiger partial charge in [0.1, 0.15) is 10.7 Å². The van der Waals surface area contributed by atoms with Gasteiger partial charge in [-0.3, -0.25) is 4.68 Å². The maximum Gasteiger partial charge on any atom is 0.165 e. The van der Waals surface area contributed by atoms with Gasteiger partial charge in [0, 0.05) is 12.6 Å². The molecule has 4 nitrogen and oxygen atoms in total. The fourth-order valence-corrected chi connectivity index (χ4v) is 1.41. The molecule has 0 saturated carbocycles. The molecule has 16 heavy (non-hydrogen) atoms. The zero-order chi connectivity index (χ0) is 11.5. The van der Waals surface area contributed by atoms with E-state index in [1.165, 1.54) is 0 Å². The smallest absolute Gasteiger partial charge is 0.165 e. The Balaban J connectivity index is 2.14. The van der Waals surface area contributed by atoms with E-state index >= 15 is 0 Å². The van der Waals surface area contributed by atoms with Crippen LogP contribution in [0.3, 0.4) is 0 Å². The predicted molar refractivity (Wildman–Crippen MR) is 65.6 cm³/mol. The Morgan fingerprint density at radius 3 is 2.50 bits per heavy atom. The topological polar surface area (TPSA) is 53.1 Å². The lowest BCUT2D eigenvalue weighted by Gasteiger charge is -2.03. The van der Waals surface area contributed by atoms with Crippen LogP contribution in [-0.4, -0.2) is 14.8 Å². The highest BCUT2D eigenvalue weighted by Gasteiger charge is 2.00. The highest BCUT2D eigenvalue weighted by molar-refractivity contribution is 7.80. The molecule has 0 atom stereocenters. The van der Waals surface area contributed by atoms with Crippen LogP contribution in [0.4, 0.5) is 0 Å². The van der Waals surface area contributed by atoms with E-state index in [1.54, 1.807) is 17.1 Å². The number of nitrogens with zero attached hydrogens (tertiary/aromatic N) is 2. The number of nitrogens with two attached hydrogens (primary N) is 1. The molecule has 2 rings (SSSR count). The summed E-state index contributed by atoms with van der Waals surface area (Å²) >= 11 is 4.86. The second kappa shape index (κ2) is 4.32. The molecule has 0 saturated heterocycles. The van der Waals surface area contributed by atoms with Crippen LogP contribution in [0.2, 0.25) is 0 Å². The van der Waals surface area contributed by atoms with Gasteiger partial charge in [-0.15, -0.1) is 0 Å². The van der Waals surface area contributed by atoms with E-state index < -0.39 is 0 Å². The fourth-order valence-electron chi connectivity index (χ4n) is 1.27. The highest BCUT2D eigenvalue weighted by Crippen LogP contribution is 2.20. The SMILES string of the molecule is Cn1cc(Oc2ccc(C(N)=S)cc2)cn1. The van der Waals surface area contributed by atoms with Crippen molar-refractivity contribution in [1.29, 1.82) is 0 Å². The van der Waals surface area contributed by atoms with Crippen molar-refractivity contribution in [3.8, 4) is 11.5 Å². The first-order chi connectivity index (χ1) is 7.65. The van der Waals surface area contributed by atoms with E-state index in [-0.39, 0.29) is 0 Å². The highest BCUT2D eigenvalue weighted by atomic mass is 32.1. The third-order valence-corrected chi connectivity index (χ3v) is 2.29. The number of aryl methyl sites for hydroxylation is 1. The largest absolute Gasteiger partial charge is 0.454 e. The van der Waals surface area contributed by atoms with E-state index in [9.17, 15) is 0 Å². The van der Waals surface area contributed by atoms with Crippen molar-refractivity contribution in [3.63, 3.8) is 0 Å². The van der Waals surface area contributed by atoms with E-state index in [4.69, 9.17) is 22.7 Å². The van der Waals surface area contributed by atoms with Gasteiger partial charge in [-0.2, -0.15) is 5.10 Å². The summed E-state index contributed by atoms with van der Waals surface area (Å²) in [5.74, 6) is 1.43. The molecule has 1 aromatic heterocycles. The van der Waals surface area contributed by atoms with Gasteiger partial charge in [-0.25, -0.2) is 0 Å². The summed E-state index contributed by atoms with van der Waals surface area (Å²) < 4.78 is 7.25. The molecule has 0 aliphatic rings. The molecule has 0 aliphatic heterocycles. The molecule has 1 aromatic carbocycles. The van der Waals surface area contributed by atoms with Crippen molar-refractivity contribution in [2.24, 2.45) is 12.8 Å². The van der Waals surface area contributed by atoms with Gasteiger partial charge in [0.05, 0.1) is 12.4 Å². The summed E-state index contributed by atoms with van der Waals surface area (Å²) in [6.07, 6.45) is 3.45. The molecule has 0 aliphatic carbocycles. The Bertz CT molecular complexity index is 504. The van der Waals surface area contributed by atoms with Crippen LogP contribution < -0.4 is 10.5 Å². The van der Waals surface area contributed by atoms with Crippen molar-refractivity contribution in [2.45, 2.75) is 0 Å². The van der Waals surface area contributed by atoms with Crippen LogP contribution in [0.25, 0.3) is 0 Å². The summed E-state index contributed by atoms with van der Waals surface area (Å²) in [5.41, 5.74) is 6.32. The number of hydrogen-bond acceptors (Lipinski definition) is 3. The van der Waals surface area contributed by atoms with E-state index in [0.29, 0.717) is 10.7 Å². The zero-order valence-corrected chi connectivity index (χ0v) is 9.57. The number of benzene rings is 1. The first kappa shape index (κ1) is 10.6. The van der Waals surface area contributed by atoms with Gasteiger partial charge in [0.25, 0.3) is 0 Å². The van der Waals surface area contributed by atoms with E-state index in [2.05, 4.69) is 5.10 Å². The number of rotatable bonds is 3. The molecule has 0 unspecified atom stereocenters. The summed E-state index contributed by atoms with van der Waals surface area (Å²) in [4.78, 5) is 0.382. The Morgan fingerprint density at radius 2 is 2.00 bits per heavy atom. The summed E-state index contributed by atoms with van der Waals surface area (Å²) in [6, 6.07) is 7.30. The van der Waals surface area contributed by atoms with Crippen LogP contribution in [0.5, 0.6) is 11.5 Å². The average molecular weight is 233 g/mol. The van der Waals surface area contributed by atoms with Gasteiger partial charge in [-0.05, 0) is 24.3 Å². The number of aromatic nitrogens is 2. The molecule has 0 fully saturated rings.